The zero-order valence-corrected chi connectivity index (χ0v) is 13.1. The topological polar surface area (TPSA) is 15.3 Å². The van der Waals surface area contributed by atoms with Gasteiger partial charge in [0.15, 0.2) is 0 Å². The Morgan fingerprint density at radius 1 is 1.19 bits per heavy atom. The SMILES string of the molecule is CC1CCNC2(CCCCC2)CN1Cc1ccc(F)cc1. The summed E-state index contributed by atoms with van der Waals surface area (Å²) < 4.78 is 13.1. The standard InChI is InChI=1S/C18H27FN2/c1-15-9-12-20-18(10-3-2-4-11-18)14-21(15)13-16-5-7-17(19)8-6-16/h5-8,15,20H,2-4,9-14H2,1H3. The molecule has 1 aliphatic carbocycles. The van der Waals surface area contributed by atoms with Crippen LogP contribution in [0.1, 0.15) is 51.0 Å². The van der Waals surface area contributed by atoms with Crippen LogP contribution in [0.5, 0.6) is 0 Å². The van der Waals surface area contributed by atoms with E-state index in [1.165, 1.54) is 44.1 Å². The molecule has 0 amide bonds. The monoisotopic (exact) mass is 290 g/mol. The van der Waals surface area contributed by atoms with Crippen LogP contribution < -0.4 is 5.32 Å². The van der Waals surface area contributed by atoms with E-state index in [9.17, 15) is 4.39 Å². The van der Waals surface area contributed by atoms with Crippen molar-refractivity contribution in [3.8, 4) is 0 Å². The molecular formula is C18H27FN2. The highest BCUT2D eigenvalue weighted by atomic mass is 19.1. The second kappa shape index (κ2) is 6.45. The molecule has 3 rings (SSSR count). The second-order valence-electron chi connectivity index (χ2n) is 6.94. The molecule has 1 saturated carbocycles. The van der Waals surface area contributed by atoms with Gasteiger partial charge in [-0.3, -0.25) is 4.90 Å². The molecule has 0 aromatic heterocycles. The number of nitrogens with one attached hydrogen (secondary N) is 1. The fraction of sp³-hybridized carbons (Fsp3) is 0.667. The van der Waals surface area contributed by atoms with Crippen LogP contribution >= 0.6 is 0 Å². The van der Waals surface area contributed by atoms with Crippen LogP contribution in [0.15, 0.2) is 24.3 Å². The van der Waals surface area contributed by atoms with Gasteiger partial charge < -0.3 is 5.32 Å². The molecule has 1 atom stereocenters. The maximum absolute atomic E-state index is 13.1. The highest BCUT2D eigenvalue weighted by molar-refractivity contribution is 5.16. The van der Waals surface area contributed by atoms with Crippen molar-refractivity contribution < 1.29 is 4.39 Å². The van der Waals surface area contributed by atoms with Crippen LogP contribution in [-0.2, 0) is 6.54 Å². The molecule has 21 heavy (non-hydrogen) atoms. The zero-order chi connectivity index (χ0) is 14.7. The van der Waals surface area contributed by atoms with Gasteiger partial charge in [0.05, 0.1) is 0 Å². The van der Waals surface area contributed by atoms with Gasteiger partial charge in [-0.2, -0.15) is 0 Å². The van der Waals surface area contributed by atoms with Gasteiger partial charge in [0, 0.05) is 24.7 Å². The fourth-order valence-corrected chi connectivity index (χ4v) is 3.93. The second-order valence-corrected chi connectivity index (χ2v) is 6.94. The molecule has 1 saturated heterocycles. The largest absolute Gasteiger partial charge is 0.310 e. The Hall–Kier alpha value is -0.930. The number of hydrogen-bond donors (Lipinski definition) is 1. The van der Waals surface area contributed by atoms with Crippen molar-refractivity contribution in [1.82, 2.24) is 10.2 Å². The summed E-state index contributed by atoms with van der Waals surface area (Å²) in [5.74, 6) is -0.145. The first-order valence-corrected chi connectivity index (χ1v) is 8.40. The van der Waals surface area contributed by atoms with E-state index in [2.05, 4.69) is 17.1 Å². The highest BCUT2D eigenvalue weighted by Crippen LogP contribution is 2.32. The van der Waals surface area contributed by atoms with Crippen LogP contribution in [0.2, 0.25) is 0 Å². The summed E-state index contributed by atoms with van der Waals surface area (Å²) in [5.41, 5.74) is 1.54. The Bertz CT molecular complexity index is 451. The predicted molar refractivity (Wildman–Crippen MR) is 84.7 cm³/mol. The Morgan fingerprint density at radius 3 is 2.62 bits per heavy atom. The molecule has 116 valence electrons. The van der Waals surface area contributed by atoms with Crippen LogP contribution in [0.4, 0.5) is 4.39 Å². The molecule has 0 bridgehead atoms. The summed E-state index contributed by atoms with van der Waals surface area (Å²) in [6.07, 6.45) is 7.90. The lowest BCUT2D eigenvalue weighted by atomic mass is 9.81. The summed E-state index contributed by atoms with van der Waals surface area (Å²) in [6, 6.07) is 7.59. The highest BCUT2D eigenvalue weighted by Gasteiger charge is 2.36. The number of halogens is 1. The van der Waals surface area contributed by atoms with Gasteiger partial charge in [0.1, 0.15) is 5.82 Å². The smallest absolute Gasteiger partial charge is 0.123 e. The first-order chi connectivity index (χ1) is 10.2. The van der Waals surface area contributed by atoms with Crippen molar-refractivity contribution >= 4 is 0 Å². The molecule has 1 N–H and O–H groups in total. The molecule has 1 aliphatic heterocycles. The maximum atomic E-state index is 13.1. The Labute approximate surface area is 127 Å². The first kappa shape index (κ1) is 15.0. The number of nitrogens with zero attached hydrogens (tertiary/aromatic N) is 1. The maximum Gasteiger partial charge on any atom is 0.123 e. The first-order valence-electron chi connectivity index (χ1n) is 8.40. The van der Waals surface area contributed by atoms with Crippen molar-refractivity contribution in [1.29, 1.82) is 0 Å². The Kier molecular flexibility index (Phi) is 4.60. The third-order valence-electron chi connectivity index (χ3n) is 5.30. The van der Waals surface area contributed by atoms with Gasteiger partial charge in [0.2, 0.25) is 0 Å². The van der Waals surface area contributed by atoms with Crippen LogP contribution in [0.25, 0.3) is 0 Å². The molecule has 1 aromatic rings. The van der Waals surface area contributed by atoms with Gasteiger partial charge in [-0.1, -0.05) is 31.4 Å². The molecule has 2 fully saturated rings. The van der Waals surface area contributed by atoms with E-state index in [-0.39, 0.29) is 5.82 Å². The normalized spacial score (nSPS) is 26.7. The summed E-state index contributed by atoms with van der Waals surface area (Å²) in [7, 11) is 0. The van der Waals surface area contributed by atoms with Crippen LogP contribution in [-0.4, -0.2) is 29.6 Å². The number of hydrogen-bond acceptors (Lipinski definition) is 2. The molecular weight excluding hydrogens is 263 g/mol. The molecule has 1 heterocycles. The van der Waals surface area contributed by atoms with Gasteiger partial charge >= 0.3 is 0 Å². The van der Waals surface area contributed by atoms with Crippen molar-refractivity contribution in [2.75, 3.05) is 13.1 Å². The van der Waals surface area contributed by atoms with E-state index in [0.29, 0.717) is 11.6 Å². The van der Waals surface area contributed by atoms with Crippen molar-refractivity contribution in [3.63, 3.8) is 0 Å². The minimum Gasteiger partial charge on any atom is -0.310 e. The summed E-state index contributed by atoms with van der Waals surface area (Å²) >= 11 is 0. The lowest BCUT2D eigenvalue weighted by Gasteiger charge is -2.41. The third kappa shape index (κ3) is 3.64. The van der Waals surface area contributed by atoms with E-state index >= 15 is 0 Å². The average Bonchev–Trinajstić information content (AvgIpc) is 2.63. The molecule has 2 nitrogen and oxygen atoms in total. The van der Waals surface area contributed by atoms with Crippen LogP contribution in [0, 0.1) is 5.82 Å². The number of benzene rings is 1. The quantitative estimate of drug-likeness (QED) is 0.893. The predicted octanol–water partition coefficient (Wildman–Crippen LogP) is 3.71. The zero-order valence-electron chi connectivity index (χ0n) is 13.1. The Balaban J connectivity index is 1.73. The summed E-state index contributed by atoms with van der Waals surface area (Å²) in [6.45, 7) is 5.52. The van der Waals surface area contributed by atoms with Gasteiger partial charge in [-0.15, -0.1) is 0 Å². The minimum absolute atomic E-state index is 0.145. The summed E-state index contributed by atoms with van der Waals surface area (Å²) in [5, 5.41) is 3.85. The van der Waals surface area contributed by atoms with Crippen molar-refractivity contribution in [3.05, 3.63) is 35.6 Å². The molecule has 3 heteroatoms. The average molecular weight is 290 g/mol. The lowest BCUT2D eigenvalue weighted by molar-refractivity contribution is 0.131. The molecule has 2 aliphatic rings. The molecule has 1 unspecified atom stereocenters. The van der Waals surface area contributed by atoms with E-state index in [1.807, 2.05) is 12.1 Å². The van der Waals surface area contributed by atoms with Crippen molar-refractivity contribution in [2.24, 2.45) is 0 Å². The van der Waals surface area contributed by atoms with Crippen molar-refractivity contribution in [2.45, 2.75) is 63.6 Å². The molecule has 0 radical (unpaired) electrons. The summed E-state index contributed by atoms with van der Waals surface area (Å²) in [4.78, 5) is 2.60. The van der Waals surface area contributed by atoms with E-state index in [0.717, 1.165) is 19.6 Å². The lowest BCUT2D eigenvalue weighted by Crippen LogP contribution is -2.53. The van der Waals surface area contributed by atoms with E-state index in [4.69, 9.17) is 0 Å². The fourth-order valence-electron chi connectivity index (χ4n) is 3.93. The van der Waals surface area contributed by atoms with E-state index < -0.39 is 0 Å². The van der Waals surface area contributed by atoms with Gasteiger partial charge in [-0.25, -0.2) is 4.39 Å². The van der Waals surface area contributed by atoms with E-state index in [1.54, 1.807) is 12.1 Å². The molecule has 1 spiro atoms. The minimum atomic E-state index is -0.145. The number of rotatable bonds is 2. The Morgan fingerprint density at radius 2 is 1.90 bits per heavy atom. The third-order valence-corrected chi connectivity index (χ3v) is 5.30. The molecule has 1 aromatic carbocycles. The van der Waals surface area contributed by atoms with Crippen LogP contribution in [0.3, 0.4) is 0 Å². The van der Waals surface area contributed by atoms with Gasteiger partial charge in [-0.05, 0) is 50.4 Å². The van der Waals surface area contributed by atoms with Gasteiger partial charge in [0.25, 0.3) is 0 Å².